The number of imide groups is 1. The van der Waals surface area contributed by atoms with Crippen molar-refractivity contribution in [3.05, 3.63) is 24.4 Å². The molecule has 1 rings (SSSR count). The van der Waals surface area contributed by atoms with E-state index in [1.807, 2.05) is 0 Å². The van der Waals surface area contributed by atoms with Crippen molar-refractivity contribution in [2.75, 3.05) is 32.7 Å². The molecule has 0 unspecified atom stereocenters. The second kappa shape index (κ2) is 11.1. The normalized spacial score (nSPS) is 13.0. The van der Waals surface area contributed by atoms with Gasteiger partial charge < -0.3 is 27.0 Å². The predicted molar refractivity (Wildman–Crippen MR) is 91.2 cm³/mol. The number of carbonyl (C=O) groups excluding carboxylic acids is 6. The van der Waals surface area contributed by atoms with Gasteiger partial charge in [0.15, 0.2) is 0 Å². The van der Waals surface area contributed by atoms with Gasteiger partial charge in [-0.3, -0.25) is 33.7 Å². The lowest BCUT2D eigenvalue weighted by molar-refractivity contribution is -0.133. The van der Waals surface area contributed by atoms with E-state index in [2.05, 4.69) is 21.3 Å². The Labute approximate surface area is 154 Å². The zero-order chi connectivity index (χ0) is 20.2. The molecule has 12 nitrogen and oxygen atoms in total. The molecule has 0 aromatic carbocycles. The van der Waals surface area contributed by atoms with E-state index in [9.17, 15) is 28.8 Å². The molecule has 1 aliphatic heterocycles. The summed E-state index contributed by atoms with van der Waals surface area (Å²) in [6, 6.07) is 0. The fourth-order valence-corrected chi connectivity index (χ4v) is 1.68. The average molecular weight is 380 g/mol. The molecule has 0 aromatic rings. The Kier molecular flexibility index (Phi) is 8.88. The van der Waals surface area contributed by atoms with E-state index < -0.39 is 42.0 Å². The minimum atomic E-state index is -0.710. The van der Waals surface area contributed by atoms with E-state index in [4.69, 9.17) is 5.73 Å². The van der Waals surface area contributed by atoms with Gasteiger partial charge in [0.1, 0.15) is 0 Å². The van der Waals surface area contributed by atoms with Crippen molar-refractivity contribution in [1.82, 2.24) is 26.2 Å². The molecule has 6 amide bonds. The highest BCUT2D eigenvalue weighted by atomic mass is 16.2. The van der Waals surface area contributed by atoms with Crippen LogP contribution in [0.4, 0.5) is 0 Å². The topological polar surface area (TPSA) is 180 Å². The summed E-state index contributed by atoms with van der Waals surface area (Å²) in [4.78, 5) is 69.1. The highest BCUT2D eigenvalue weighted by Gasteiger charge is 2.20. The lowest BCUT2D eigenvalue weighted by Crippen LogP contribution is -2.44. The minimum absolute atomic E-state index is 0.251. The van der Waals surface area contributed by atoms with Crippen molar-refractivity contribution in [1.29, 1.82) is 0 Å². The third-order valence-corrected chi connectivity index (χ3v) is 3.00. The van der Waals surface area contributed by atoms with Crippen molar-refractivity contribution in [2.24, 2.45) is 5.73 Å². The lowest BCUT2D eigenvalue weighted by Gasteiger charge is -2.08. The Morgan fingerprint density at radius 1 is 0.852 bits per heavy atom. The van der Waals surface area contributed by atoms with Crippen LogP contribution in [-0.2, 0) is 28.8 Å². The van der Waals surface area contributed by atoms with Gasteiger partial charge in [0.25, 0.3) is 11.8 Å². The molecule has 27 heavy (non-hydrogen) atoms. The van der Waals surface area contributed by atoms with Crippen LogP contribution in [0.3, 0.4) is 0 Å². The smallest absolute Gasteiger partial charge is 0.257 e. The fourth-order valence-electron chi connectivity index (χ4n) is 1.68. The van der Waals surface area contributed by atoms with Gasteiger partial charge in [-0.25, -0.2) is 0 Å². The Hall–Kier alpha value is -3.54. The zero-order valence-corrected chi connectivity index (χ0v) is 14.3. The first-order chi connectivity index (χ1) is 12.8. The summed E-state index contributed by atoms with van der Waals surface area (Å²) in [5.41, 5.74) is 5.21. The summed E-state index contributed by atoms with van der Waals surface area (Å²) in [5, 5.41) is 9.21. The van der Waals surface area contributed by atoms with Gasteiger partial charge in [-0.2, -0.15) is 0 Å². The molecule has 0 aliphatic carbocycles. The third-order valence-electron chi connectivity index (χ3n) is 3.00. The largest absolute Gasteiger partial charge is 0.353 e. The number of nitrogens with two attached hydrogens (primary N) is 1. The zero-order valence-electron chi connectivity index (χ0n) is 14.3. The van der Waals surface area contributed by atoms with Gasteiger partial charge in [0.05, 0.1) is 19.6 Å². The van der Waals surface area contributed by atoms with Crippen LogP contribution in [-0.4, -0.2) is 73.1 Å². The Morgan fingerprint density at radius 3 is 1.85 bits per heavy atom. The van der Waals surface area contributed by atoms with Gasteiger partial charge in [-0.15, -0.1) is 0 Å². The predicted octanol–water partition coefficient (Wildman–Crippen LogP) is -4.15. The number of carbonyl (C=O) groups is 6. The second-order valence-corrected chi connectivity index (χ2v) is 5.11. The maximum atomic E-state index is 11.5. The summed E-state index contributed by atoms with van der Waals surface area (Å²) < 4.78 is 0. The molecule has 6 N–H and O–H groups in total. The van der Waals surface area contributed by atoms with Gasteiger partial charge in [0.2, 0.25) is 23.6 Å². The van der Waals surface area contributed by atoms with Crippen LogP contribution in [0.5, 0.6) is 0 Å². The van der Waals surface area contributed by atoms with Crippen LogP contribution in [0.15, 0.2) is 24.4 Å². The lowest BCUT2D eigenvalue weighted by atomic mass is 10.4. The van der Waals surface area contributed by atoms with Crippen LogP contribution in [0, 0.1) is 0 Å². The van der Waals surface area contributed by atoms with Crippen molar-refractivity contribution in [2.45, 2.75) is 0 Å². The van der Waals surface area contributed by atoms with Gasteiger partial charge in [-0.05, 0) is 0 Å². The number of nitrogens with one attached hydrogen (secondary N) is 4. The molecule has 12 heteroatoms. The van der Waals surface area contributed by atoms with E-state index in [0.717, 1.165) is 29.3 Å². The summed E-state index contributed by atoms with van der Waals surface area (Å²) in [6.45, 7) is -0.488. The number of hydrogen-bond donors (Lipinski definition) is 5. The molecule has 0 bridgehead atoms. The van der Waals surface area contributed by atoms with Gasteiger partial charge in [0, 0.05) is 37.5 Å². The molecule has 0 radical (unpaired) electrons. The van der Waals surface area contributed by atoms with Crippen molar-refractivity contribution in [3.63, 3.8) is 0 Å². The van der Waals surface area contributed by atoms with Crippen molar-refractivity contribution in [3.8, 4) is 0 Å². The van der Waals surface area contributed by atoms with Crippen LogP contribution in [0.2, 0.25) is 0 Å². The number of hydrogen-bond acceptors (Lipinski definition) is 7. The first kappa shape index (κ1) is 21.5. The minimum Gasteiger partial charge on any atom is -0.353 e. The summed E-state index contributed by atoms with van der Waals surface area (Å²) in [6.07, 6.45) is 4.03. The molecular weight excluding hydrogens is 360 g/mol. The molecule has 0 atom stereocenters. The Bertz CT molecular complexity index is 668. The van der Waals surface area contributed by atoms with Crippen molar-refractivity contribution >= 4 is 35.4 Å². The first-order valence-electron chi connectivity index (χ1n) is 7.85. The molecule has 146 valence electrons. The molecular formula is C15H20N6O6. The maximum Gasteiger partial charge on any atom is 0.257 e. The van der Waals surface area contributed by atoms with E-state index >= 15 is 0 Å². The van der Waals surface area contributed by atoms with Gasteiger partial charge in [-0.1, -0.05) is 0 Å². The first-order valence-corrected chi connectivity index (χ1v) is 7.85. The number of nitrogens with zero attached hydrogens (tertiary/aromatic N) is 1. The Morgan fingerprint density at radius 2 is 1.33 bits per heavy atom. The summed E-state index contributed by atoms with van der Waals surface area (Å²) in [5.74, 6) is -3.51. The number of rotatable bonds is 10. The van der Waals surface area contributed by atoms with Crippen LogP contribution in [0.1, 0.15) is 0 Å². The van der Waals surface area contributed by atoms with E-state index in [1.54, 1.807) is 0 Å². The molecule has 0 saturated carbocycles. The maximum absolute atomic E-state index is 11.5. The molecule has 0 spiro atoms. The number of amides is 6. The summed E-state index contributed by atoms with van der Waals surface area (Å²) in [7, 11) is 0. The SMILES string of the molecule is NCCNC(=O)CNC(=O)CNC(=O)CNC(=O)C=CN1C(=O)C=CC1=O. The van der Waals surface area contributed by atoms with Crippen molar-refractivity contribution < 1.29 is 28.8 Å². The molecule has 1 aliphatic rings. The average Bonchev–Trinajstić information content (AvgIpc) is 2.97. The van der Waals surface area contributed by atoms with Crippen LogP contribution >= 0.6 is 0 Å². The molecule has 0 saturated heterocycles. The highest BCUT2D eigenvalue weighted by Crippen LogP contribution is 2.03. The second-order valence-electron chi connectivity index (χ2n) is 5.11. The van der Waals surface area contributed by atoms with E-state index in [0.29, 0.717) is 0 Å². The third kappa shape index (κ3) is 8.40. The standard InChI is InChI=1S/C15H20N6O6/c16-4-5-17-11(23)7-19-13(25)9-20-12(24)8-18-10(22)3-6-21-14(26)1-2-15(21)27/h1-3,6H,4-5,7-9,16H2,(H,17,23)(H,18,22)(H,19,25)(H,20,24). The monoisotopic (exact) mass is 380 g/mol. The van der Waals surface area contributed by atoms with Crippen LogP contribution < -0.4 is 27.0 Å². The van der Waals surface area contributed by atoms with E-state index in [-0.39, 0.29) is 26.2 Å². The molecule has 0 fully saturated rings. The molecule has 0 aromatic heterocycles. The summed E-state index contributed by atoms with van der Waals surface area (Å²) >= 11 is 0. The quantitative estimate of drug-likeness (QED) is 0.188. The fraction of sp³-hybridized carbons (Fsp3) is 0.333. The highest BCUT2D eigenvalue weighted by molar-refractivity contribution is 6.14. The van der Waals surface area contributed by atoms with E-state index in [1.165, 1.54) is 0 Å². The van der Waals surface area contributed by atoms with Gasteiger partial charge >= 0.3 is 0 Å². The Balaban J connectivity index is 2.20. The van der Waals surface area contributed by atoms with Crippen LogP contribution in [0.25, 0.3) is 0 Å². The molecule has 1 heterocycles.